The molecule has 0 unspecified atom stereocenters. The summed E-state index contributed by atoms with van der Waals surface area (Å²) in [7, 11) is 0. The van der Waals surface area contributed by atoms with Crippen LogP contribution in [0.4, 0.5) is 5.82 Å². The molecule has 1 aromatic heterocycles. The van der Waals surface area contributed by atoms with Gasteiger partial charge in [0.1, 0.15) is 12.1 Å². The highest BCUT2D eigenvalue weighted by Gasteiger charge is 2.03. The quantitative estimate of drug-likeness (QED) is 0.690. The minimum absolute atomic E-state index is 0. The van der Waals surface area contributed by atoms with Crippen molar-refractivity contribution < 1.29 is 22.3 Å². The van der Waals surface area contributed by atoms with Gasteiger partial charge in [0.2, 0.25) is 0 Å². The highest BCUT2D eigenvalue weighted by atomic mass is 79.9. The third-order valence-electron chi connectivity index (χ3n) is 2.96. The van der Waals surface area contributed by atoms with Crippen LogP contribution in [0.2, 0.25) is 0 Å². The minimum Gasteiger partial charge on any atom is -1.00 e. The van der Waals surface area contributed by atoms with Crippen LogP contribution in [0.15, 0.2) is 29.0 Å². The van der Waals surface area contributed by atoms with E-state index in [1.165, 1.54) is 0 Å². The summed E-state index contributed by atoms with van der Waals surface area (Å²) < 4.78 is 0.990. The lowest BCUT2D eigenvalue weighted by Crippen LogP contribution is -3.00. The fourth-order valence-electron chi connectivity index (χ4n) is 1.95. The first-order chi connectivity index (χ1) is 9.66. The lowest BCUT2D eigenvalue weighted by Gasteiger charge is -2.08. The Morgan fingerprint density at radius 3 is 2.81 bits per heavy atom. The van der Waals surface area contributed by atoms with E-state index >= 15 is 0 Å². The van der Waals surface area contributed by atoms with Crippen molar-refractivity contribution >= 4 is 38.6 Å². The van der Waals surface area contributed by atoms with Crippen molar-refractivity contribution in [3.8, 4) is 0 Å². The maximum Gasteiger partial charge on any atom is 0.303 e. The summed E-state index contributed by atoms with van der Waals surface area (Å²) in [5.41, 5.74) is 0.900. The van der Waals surface area contributed by atoms with E-state index in [-0.39, 0.29) is 18.8 Å². The van der Waals surface area contributed by atoms with Gasteiger partial charge in [-0.05, 0) is 31.0 Å². The van der Waals surface area contributed by atoms with Crippen LogP contribution in [-0.2, 0) is 4.79 Å². The molecule has 1 aromatic carbocycles. The molecule has 2 N–H and O–H groups in total. The fourth-order valence-corrected chi connectivity index (χ4v) is 2.32. The molecule has 0 radical (unpaired) electrons. The van der Waals surface area contributed by atoms with E-state index in [0.717, 1.165) is 40.6 Å². The lowest BCUT2D eigenvalue weighted by atomic mass is 10.2. The predicted molar refractivity (Wildman–Crippen MR) is 81.8 cm³/mol. The second-order valence-corrected chi connectivity index (χ2v) is 5.43. The number of unbranched alkanes of at least 4 members (excludes halogenated alkanes) is 2. The van der Waals surface area contributed by atoms with Crippen LogP contribution in [0.25, 0.3) is 10.9 Å². The van der Waals surface area contributed by atoms with Gasteiger partial charge in [-0.2, -0.15) is 0 Å². The monoisotopic (exact) mass is 372 g/mol. The number of aliphatic carboxylic acids is 1. The van der Waals surface area contributed by atoms with Crippen molar-refractivity contribution in [3.63, 3.8) is 0 Å². The van der Waals surface area contributed by atoms with E-state index in [1.807, 2.05) is 18.2 Å². The molecule has 0 aliphatic rings. The molecule has 0 aliphatic heterocycles. The maximum atomic E-state index is 10.4. The summed E-state index contributed by atoms with van der Waals surface area (Å²) in [5.74, 6) is 0.0825. The Labute approximate surface area is 137 Å². The Morgan fingerprint density at radius 1 is 1.24 bits per heavy atom. The summed E-state index contributed by atoms with van der Waals surface area (Å²) in [5, 5.41) is 12.8. The van der Waals surface area contributed by atoms with Gasteiger partial charge in [-0.25, -0.2) is 9.97 Å². The number of aromatic nitrogens is 2. The molecule has 0 spiro atoms. The third kappa shape index (κ3) is 5.47. The van der Waals surface area contributed by atoms with E-state index in [4.69, 9.17) is 5.11 Å². The first-order valence-electron chi connectivity index (χ1n) is 6.53. The molecule has 1 heterocycles. The number of nitrogens with one attached hydrogen (secondary N) is 1. The molecule has 2 rings (SSSR count). The molecule has 114 valence electrons. The first kappa shape index (κ1) is 17.7. The number of hydrogen-bond acceptors (Lipinski definition) is 4. The van der Waals surface area contributed by atoms with Gasteiger partial charge in [0, 0.05) is 22.8 Å². The molecule has 21 heavy (non-hydrogen) atoms. The smallest absolute Gasteiger partial charge is 0.303 e. The molecule has 0 atom stereocenters. The molecule has 7 heteroatoms. The fraction of sp³-hybridized carbons (Fsp3) is 0.357. The number of fused-ring (bicyclic) bond motifs is 1. The van der Waals surface area contributed by atoms with Crippen LogP contribution < -0.4 is 17.7 Å². The number of halogens is 2. The topological polar surface area (TPSA) is 75.1 Å². The lowest BCUT2D eigenvalue weighted by molar-refractivity contribution is -0.137. The number of benzene rings is 1. The standard InChI is InChI=1S/C14H16BrN3O2.ClH/c15-10-5-6-12-11(8-10)14(18-9-17-12)16-7-3-1-2-4-13(19)20;/h5-6,8-9H,1-4,7H2,(H,19,20)(H,16,17,18);1H/p-1. The van der Waals surface area contributed by atoms with Gasteiger partial charge in [-0.15, -0.1) is 0 Å². The summed E-state index contributed by atoms with van der Waals surface area (Å²) in [6.45, 7) is 0.776. The van der Waals surface area contributed by atoms with Crippen molar-refractivity contribution in [2.75, 3.05) is 11.9 Å². The minimum atomic E-state index is -0.732. The number of carboxylic acids is 1. The highest BCUT2D eigenvalue weighted by Crippen LogP contribution is 2.23. The van der Waals surface area contributed by atoms with Crippen molar-refractivity contribution in [3.05, 3.63) is 29.0 Å². The van der Waals surface area contributed by atoms with Crippen LogP contribution in [0, 0.1) is 0 Å². The van der Waals surface area contributed by atoms with Crippen LogP contribution in [0.5, 0.6) is 0 Å². The van der Waals surface area contributed by atoms with Gasteiger partial charge in [-0.3, -0.25) is 4.79 Å². The maximum absolute atomic E-state index is 10.4. The molecule has 5 nitrogen and oxygen atoms in total. The highest BCUT2D eigenvalue weighted by molar-refractivity contribution is 9.10. The van der Waals surface area contributed by atoms with Crippen molar-refractivity contribution in [2.45, 2.75) is 25.7 Å². The number of rotatable bonds is 7. The van der Waals surface area contributed by atoms with Gasteiger partial charge in [0.15, 0.2) is 0 Å². The molecule has 0 bridgehead atoms. The summed E-state index contributed by atoms with van der Waals surface area (Å²) >= 11 is 3.44. The largest absolute Gasteiger partial charge is 1.00 e. The molecule has 2 aromatic rings. The zero-order valence-corrected chi connectivity index (χ0v) is 13.7. The number of hydrogen-bond donors (Lipinski definition) is 2. The van der Waals surface area contributed by atoms with E-state index in [9.17, 15) is 4.79 Å². The summed E-state index contributed by atoms with van der Waals surface area (Å²) in [6, 6.07) is 5.88. The molecule has 0 saturated carbocycles. The van der Waals surface area contributed by atoms with Crippen LogP contribution >= 0.6 is 15.9 Å². The van der Waals surface area contributed by atoms with Gasteiger partial charge in [-0.1, -0.05) is 22.4 Å². The van der Waals surface area contributed by atoms with E-state index in [1.54, 1.807) is 6.33 Å². The molecule has 0 amide bonds. The van der Waals surface area contributed by atoms with Gasteiger partial charge < -0.3 is 22.8 Å². The van der Waals surface area contributed by atoms with Crippen molar-refractivity contribution in [2.24, 2.45) is 0 Å². The molecular weight excluding hydrogens is 358 g/mol. The second-order valence-electron chi connectivity index (χ2n) is 4.51. The SMILES string of the molecule is O=C(O)CCCCCNc1ncnc2ccc(Br)cc12.[Cl-]. The Hall–Kier alpha value is -1.40. The zero-order valence-electron chi connectivity index (χ0n) is 11.4. The predicted octanol–water partition coefficient (Wildman–Crippen LogP) is 0.453. The first-order valence-corrected chi connectivity index (χ1v) is 7.32. The van der Waals surface area contributed by atoms with Gasteiger partial charge in [0.25, 0.3) is 0 Å². The number of anilines is 1. The average Bonchev–Trinajstić information content (AvgIpc) is 2.42. The Bertz CT molecular complexity index is 610. The van der Waals surface area contributed by atoms with E-state index in [0.29, 0.717) is 6.42 Å². The molecule has 0 saturated heterocycles. The number of carboxylic acid groups (broad SMARTS) is 1. The normalized spacial score (nSPS) is 10.1. The van der Waals surface area contributed by atoms with Crippen LogP contribution in [0.1, 0.15) is 25.7 Å². The zero-order chi connectivity index (χ0) is 14.4. The molecular formula is C14H16BrClN3O2-. The van der Waals surface area contributed by atoms with Gasteiger partial charge in [0.05, 0.1) is 5.52 Å². The van der Waals surface area contributed by atoms with Crippen LogP contribution in [-0.4, -0.2) is 27.6 Å². The van der Waals surface area contributed by atoms with Gasteiger partial charge >= 0.3 is 5.97 Å². The molecule has 0 fully saturated rings. The Balaban J connectivity index is 0.00000220. The Morgan fingerprint density at radius 2 is 2.05 bits per heavy atom. The van der Waals surface area contributed by atoms with Crippen molar-refractivity contribution in [1.82, 2.24) is 9.97 Å². The third-order valence-corrected chi connectivity index (χ3v) is 3.45. The number of carbonyl (C=O) groups is 1. The second kappa shape index (κ2) is 8.79. The van der Waals surface area contributed by atoms with Crippen LogP contribution in [0.3, 0.4) is 0 Å². The summed E-state index contributed by atoms with van der Waals surface area (Å²) in [4.78, 5) is 18.9. The van der Waals surface area contributed by atoms with Crippen molar-refractivity contribution in [1.29, 1.82) is 0 Å². The molecule has 0 aliphatic carbocycles. The van der Waals surface area contributed by atoms with E-state index in [2.05, 4.69) is 31.2 Å². The average molecular weight is 374 g/mol. The van der Waals surface area contributed by atoms with E-state index < -0.39 is 5.97 Å². The number of nitrogens with zero attached hydrogens (tertiary/aromatic N) is 2. The summed E-state index contributed by atoms with van der Waals surface area (Å²) in [6.07, 6.45) is 4.32. The Kier molecular flexibility index (Phi) is 7.39.